The average molecular weight is 532 g/mol. The number of benzene rings is 1. The van der Waals surface area contributed by atoms with E-state index >= 15 is 0 Å². The van der Waals surface area contributed by atoms with Crippen LogP contribution in [0, 0.1) is 17.6 Å². The second-order valence-corrected chi connectivity index (χ2v) is 11.2. The summed E-state index contributed by atoms with van der Waals surface area (Å²) < 4.78 is 61.5. The molecule has 1 amide bonds. The SMILES string of the molecule is COc1c(F)cc(F)cc1-c1ccc(C(=O)NS(=O)(=O)c2cccnc2N)c(N2C[C@@H](C)CC2(C)C)n1. The Bertz CT molecular complexity index is 1480. The fourth-order valence-corrected chi connectivity index (χ4v) is 5.81. The van der Waals surface area contributed by atoms with E-state index in [1.54, 1.807) is 0 Å². The summed E-state index contributed by atoms with van der Waals surface area (Å²) in [6.07, 6.45) is 2.11. The molecule has 1 saturated heterocycles. The number of nitrogens with one attached hydrogen (secondary N) is 1. The molecule has 0 radical (unpaired) electrons. The van der Waals surface area contributed by atoms with Gasteiger partial charge in [-0.2, -0.15) is 0 Å². The number of ether oxygens (including phenoxy) is 1. The van der Waals surface area contributed by atoms with E-state index in [1.165, 1.54) is 37.6 Å². The summed E-state index contributed by atoms with van der Waals surface area (Å²) in [7, 11) is -3.10. The van der Waals surface area contributed by atoms with Crippen LogP contribution < -0.4 is 20.1 Å². The number of rotatable bonds is 6. The lowest BCUT2D eigenvalue weighted by Crippen LogP contribution is -2.41. The van der Waals surface area contributed by atoms with E-state index in [0.717, 1.165) is 12.5 Å². The van der Waals surface area contributed by atoms with Gasteiger partial charge in [0.05, 0.1) is 18.4 Å². The smallest absolute Gasteiger partial charge is 0.268 e. The Balaban J connectivity index is 1.84. The number of hydrogen-bond acceptors (Lipinski definition) is 8. The third-order valence-electron chi connectivity index (χ3n) is 6.25. The minimum Gasteiger partial charge on any atom is -0.493 e. The van der Waals surface area contributed by atoms with Crippen molar-refractivity contribution < 1.29 is 26.7 Å². The number of carbonyl (C=O) groups is 1. The normalized spacial score (nSPS) is 17.0. The molecule has 2 aromatic heterocycles. The zero-order chi connectivity index (χ0) is 27.1. The summed E-state index contributed by atoms with van der Waals surface area (Å²) in [5.74, 6) is -2.72. The molecule has 0 aliphatic carbocycles. The molecule has 196 valence electrons. The van der Waals surface area contributed by atoms with Gasteiger partial charge >= 0.3 is 0 Å². The van der Waals surface area contributed by atoms with Crippen molar-refractivity contribution in [1.29, 1.82) is 0 Å². The van der Waals surface area contributed by atoms with Crippen LogP contribution in [-0.4, -0.2) is 43.5 Å². The summed E-state index contributed by atoms with van der Waals surface area (Å²) in [4.78, 5) is 23.3. The summed E-state index contributed by atoms with van der Waals surface area (Å²) in [5.41, 5.74) is 5.43. The number of nitrogens with two attached hydrogens (primary N) is 1. The standard InChI is InChI=1S/C25H27F2N5O4S/c1-14-12-25(2,3)32(13-14)23-16(24(33)31-37(34,35)20-6-5-9-29-22(20)28)7-8-19(30-23)17-10-15(26)11-18(27)21(17)36-4/h5-11,14H,12-13H2,1-4H3,(H2,28,29)(H,31,33)/t14-/m0/s1. The minimum atomic E-state index is -4.35. The van der Waals surface area contributed by atoms with Crippen LogP contribution in [0.15, 0.2) is 47.5 Å². The first kappa shape index (κ1) is 26.3. The van der Waals surface area contributed by atoms with Gasteiger partial charge in [0.2, 0.25) is 0 Å². The first-order valence-corrected chi connectivity index (χ1v) is 12.9. The first-order chi connectivity index (χ1) is 17.3. The summed E-state index contributed by atoms with van der Waals surface area (Å²) in [5, 5.41) is 0. The van der Waals surface area contributed by atoms with Gasteiger partial charge in [0.15, 0.2) is 11.6 Å². The largest absolute Gasteiger partial charge is 0.493 e. The summed E-state index contributed by atoms with van der Waals surface area (Å²) >= 11 is 0. The Kier molecular flexibility index (Phi) is 6.80. The van der Waals surface area contributed by atoms with Crippen LogP contribution in [0.5, 0.6) is 5.75 Å². The van der Waals surface area contributed by atoms with E-state index in [-0.39, 0.29) is 45.0 Å². The zero-order valence-corrected chi connectivity index (χ0v) is 21.6. The lowest BCUT2D eigenvalue weighted by molar-refractivity contribution is 0.0981. The number of aromatic nitrogens is 2. The number of nitrogen functional groups attached to an aromatic ring is 1. The van der Waals surface area contributed by atoms with E-state index in [2.05, 4.69) is 9.97 Å². The molecule has 9 nitrogen and oxygen atoms in total. The first-order valence-electron chi connectivity index (χ1n) is 11.4. The highest BCUT2D eigenvalue weighted by Gasteiger charge is 2.39. The Morgan fingerprint density at radius 3 is 2.59 bits per heavy atom. The number of nitrogens with zero attached hydrogens (tertiary/aromatic N) is 3. The molecule has 0 spiro atoms. The van der Waals surface area contributed by atoms with Crippen molar-refractivity contribution in [2.45, 2.75) is 37.6 Å². The molecule has 1 aromatic carbocycles. The molecule has 3 heterocycles. The molecule has 1 atom stereocenters. The lowest BCUT2D eigenvalue weighted by atomic mass is 9.97. The van der Waals surface area contributed by atoms with Crippen LogP contribution in [0.1, 0.15) is 37.6 Å². The maximum absolute atomic E-state index is 14.4. The highest BCUT2D eigenvalue weighted by Crippen LogP contribution is 2.40. The predicted octanol–water partition coefficient (Wildman–Crippen LogP) is 3.76. The third kappa shape index (κ3) is 5.06. The molecular formula is C25H27F2N5O4S. The molecule has 1 aliphatic heterocycles. The molecule has 1 fully saturated rings. The van der Waals surface area contributed by atoms with Gasteiger partial charge in [0.1, 0.15) is 22.3 Å². The number of sulfonamides is 1. The van der Waals surface area contributed by atoms with Crippen molar-refractivity contribution in [1.82, 2.24) is 14.7 Å². The van der Waals surface area contributed by atoms with E-state index in [9.17, 15) is 22.0 Å². The van der Waals surface area contributed by atoms with Gasteiger partial charge in [-0.3, -0.25) is 4.79 Å². The summed E-state index contributed by atoms with van der Waals surface area (Å²) in [6, 6.07) is 7.16. The van der Waals surface area contributed by atoms with Gasteiger partial charge < -0.3 is 15.4 Å². The van der Waals surface area contributed by atoms with E-state index in [0.29, 0.717) is 12.6 Å². The predicted molar refractivity (Wildman–Crippen MR) is 135 cm³/mol. The van der Waals surface area contributed by atoms with Crippen LogP contribution in [0.2, 0.25) is 0 Å². The highest BCUT2D eigenvalue weighted by molar-refractivity contribution is 7.90. The van der Waals surface area contributed by atoms with Crippen LogP contribution in [0.25, 0.3) is 11.3 Å². The van der Waals surface area contributed by atoms with E-state index < -0.39 is 33.1 Å². The average Bonchev–Trinajstić information content (AvgIpc) is 3.09. The second-order valence-electron chi connectivity index (χ2n) is 9.59. The van der Waals surface area contributed by atoms with Gasteiger partial charge in [0.25, 0.3) is 15.9 Å². The number of methoxy groups -OCH3 is 1. The summed E-state index contributed by atoms with van der Waals surface area (Å²) in [6.45, 7) is 6.52. The molecule has 3 aromatic rings. The van der Waals surface area contributed by atoms with Crippen LogP contribution in [0.3, 0.4) is 0 Å². The maximum Gasteiger partial charge on any atom is 0.268 e. The number of halogens is 2. The van der Waals surface area contributed by atoms with Crippen molar-refractivity contribution in [2.75, 3.05) is 24.3 Å². The number of hydrogen-bond donors (Lipinski definition) is 2. The molecule has 1 aliphatic rings. The van der Waals surface area contributed by atoms with Crippen molar-refractivity contribution in [3.63, 3.8) is 0 Å². The van der Waals surface area contributed by atoms with E-state index in [1.807, 2.05) is 30.4 Å². The van der Waals surface area contributed by atoms with Crippen LogP contribution in [-0.2, 0) is 10.0 Å². The van der Waals surface area contributed by atoms with Gasteiger partial charge in [0, 0.05) is 29.9 Å². The van der Waals surface area contributed by atoms with Crippen molar-refractivity contribution in [2.24, 2.45) is 5.92 Å². The van der Waals surface area contributed by atoms with Crippen molar-refractivity contribution >= 4 is 27.6 Å². The van der Waals surface area contributed by atoms with Crippen molar-refractivity contribution in [3.05, 3.63) is 59.8 Å². The lowest BCUT2D eigenvalue weighted by Gasteiger charge is -2.34. The Morgan fingerprint density at radius 1 is 1.24 bits per heavy atom. The molecule has 37 heavy (non-hydrogen) atoms. The number of pyridine rings is 2. The number of carbonyl (C=O) groups excluding carboxylic acids is 1. The van der Waals surface area contributed by atoms with E-state index in [4.69, 9.17) is 10.5 Å². The molecule has 0 bridgehead atoms. The minimum absolute atomic E-state index is 0.0344. The molecule has 0 saturated carbocycles. The van der Waals surface area contributed by atoms with Crippen molar-refractivity contribution in [3.8, 4) is 17.0 Å². The molecule has 0 unspecified atom stereocenters. The maximum atomic E-state index is 14.4. The van der Waals surface area contributed by atoms with Gasteiger partial charge in [-0.15, -0.1) is 0 Å². The third-order valence-corrected chi connectivity index (χ3v) is 7.63. The molecule has 4 rings (SSSR count). The molecule has 12 heteroatoms. The Hall–Kier alpha value is -3.80. The fraction of sp³-hybridized carbons (Fsp3) is 0.320. The molecular weight excluding hydrogens is 504 g/mol. The Morgan fingerprint density at radius 2 is 1.97 bits per heavy atom. The Labute approximate surface area is 213 Å². The number of anilines is 2. The van der Waals surface area contributed by atoms with Crippen LogP contribution >= 0.6 is 0 Å². The zero-order valence-electron chi connectivity index (χ0n) is 20.7. The topological polar surface area (TPSA) is 128 Å². The highest BCUT2D eigenvalue weighted by atomic mass is 32.2. The van der Waals surface area contributed by atoms with Gasteiger partial charge in [-0.25, -0.2) is 31.9 Å². The fourth-order valence-electron chi connectivity index (χ4n) is 4.76. The molecule has 3 N–H and O–H groups in total. The van der Waals surface area contributed by atoms with Crippen LogP contribution in [0.4, 0.5) is 20.4 Å². The second kappa shape index (κ2) is 9.58. The van der Waals surface area contributed by atoms with Gasteiger partial charge in [-0.05, 0) is 56.5 Å². The monoisotopic (exact) mass is 531 g/mol. The van der Waals surface area contributed by atoms with Gasteiger partial charge in [-0.1, -0.05) is 6.92 Å². The number of amides is 1. The quantitative estimate of drug-likeness (QED) is 0.492.